The number of hydrogen-bond donors (Lipinski definition) is 1. The standard InChI is InChI=1S/C24H30N4O/c1-4-27(22-14-9-6-10-15-22)17-11-16-25-24(29)23-19(2)26-28(20(23)3)18-21-12-7-5-8-13-21/h5-10,12-15H,4,11,16-18H2,1-3H3,(H,25,29). The summed E-state index contributed by atoms with van der Waals surface area (Å²) >= 11 is 0. The molecular formula is C24H30N4O. The molecular weight excluding hydrogens is 360 g/mol. The fourth-order valence-electron chi connectivity index (χ4n) is 3.60. The van der Waals surface area contributed by atoms with E-state index in [1.165, 1.54) is 11.3 Å². The van der Waals surface area contributed by atoms with Crippen LogP contribution in [-0.2, 0) is 6.54 Å². The van der Waals surface area contributed by atoms with Crippen LogP contribution >= 0.6 is 0 Å². The largest absolute Gasteiger partial charge is 0.372 e. The van der Waals surface area contributed by atoms with E-state index >= 15 is 0 Å². The molecule has 29 heavy (non-hydrogen) atoms. The van der Waals surface area contributed by atoms with Gasteiger partial charge in [-0.3, -0.25) is 9.48 Å². The van der Waals surface area contributed by atoms with Crippen molar-refractivity contribution < 1.29 is 4.79 Å². The van der Waals surface area contributed by atoms with E-state index in [4.69, 9.17) is 0 Å². The van der Waals surface area contributed by atoms with E-state index in [1.54, 1.807) is 0 Å². The Morgan fingerprint density at radius 2 is 1.69 bits per heavy atom. The lowest BCUT2D eigenvalue weighted by molar-refractivity contribution is 0.0952. The van der Waals surface area contributed by atoms with Crippen molar-refractivity contribution in [1.29, 1.82) is 0 Å². The van der Waals surface area contributed by atoms with E-state index in [1.807, 2.05) is 42.8 Å². The maximum Gasteiger partial charge on any atom is 0.255 e. The third-order valence-electron chi connectivity index (χ3n) is 5.18. The van der Waals surface area contributed by atoms with E-state index in [-0.39, 0.29) is 5.91 Å². The molecule has 0 aliphatic rings. The summed E-state index contributed by atoms with van der Waals surface area (Å²) in [7, 11) is 0. The molecule has 0 atom stereocenters. The molecule has 0 bridgehead atoms. The summed E-state index contributed by atoms with van der Waals surface area (Å²) < 4.78 is 1.91. The summed E-state index contributed by atoms with van der Waals surface area (Å²) in [5.41, 5.74) is 4.76. The Morgan fingerprint density at radius 3 is 2.34 bits per heavy atom. The molecule has 1 aromatic heterocycles. The van der Waals surface area contributed by atoms with Gasteiger partial charge in [-0.05, 0) is 44.9 Å². The third-order valence-corrected chi connectivity index (χ3v) is 5.18. The summed E-state index contributed by atoms with van der Waals surface area (Å²) in [5.74, 6) is -0.0397. The molecule has 1 heterocycles. The highest BCUT2D eigenvalue weighted by Gasteiger charge is 2.18. The van der Waals surface area contributed by atoms with Crippen LogP contribution in [0.5, 0.6) is 0 Å². The van der Waals surface area contributed by atoms with Crippen LogP contribution < -0.4 is 10.2 Å². The van der Waals surface area contributed by atoms with Gasteiger partial charge in [0, 0.05) is 31.0 Å². The molecule has 5 heteroatoms. The minimum Gasteiger partial charge on any atom is -0.372 e. The van der Waals surface area contributed by atoms with Crippen molar-refractivity contribution in [2.75, 3.05) is 24.5 Å². The Morgan fingerprint density at radius 1 is 1.03 bits per heavy atom. The number of rotatable bonds is 9. The molecule has 1 N–H and O–H groups in total. The summed E-state index contributed by atoms with van der Waals surface area (Å²) in [5, 5.41) is 7.65. The lowest BCUT2D eigenvalue weighted by Gasteiger charge is -2.23. The Hall–Kier alpha value is -3.08. The van der Waals surface area contributed by atoms with E-state index in [0.29, 0.717) is 18.7 Å². The van der Waals surface area contributed by atoms with Crippen molar-refractivity contribution >= 4 is 11.6 Å². The maximum atomic E-state index is 12.8. The zero-order valence-corrected chi connectivity index (χ0v) is 17.6. The molecule has 152 valence electrons. The van der Waals surface area contributed by atoms with Crippen molar-refractivity contribution in [1.82, 2.24) is 15.1 Å². The van der Waals surface area contributed by atoms with Crippen LogP contribution in [0, 0.1) is 13.8 Å². The first-order chi connectivity index (χ1) is 14.1. The molecule has 0 aliphatic heterocycles. The molecule has 0 saturated heterocycles. The number of anilines is 1. The number of nitrogens with zero attached hydrogens (tertiary/aromatic N) is 3. The Bertz CT molecular complexity index is 919. The fourth-order valence-corrected chi connectivity index (χ4v) is 3.60. The average Bonchev–Trinajstić information content (AvgIpc) is 3.02. The number of nitrogens with one attached hydrogen (secondary N) is 1. The predicted octanol–water partition coefficient (Wildman–Crippen LogP) is 4.19. The smallest absolute Gasteiger partial charge is 0.255 e. The van der Waals surface area contributed by atoms with Crippen molar-refractivity contribution in [2.24, 2.45) is 0 Å². The Balaban J connectivity index is 1.55. The second kappa shape index (κ2) is 9.92. The molecule has 5 nitrogen and oxygen atoms in total. The lowest BCUT2D eigenvalue weighted by atomic mass is 10.1. The highest BCUT2D eigenvalue weighted by Crippen LogP contribution is 2.15. The number of hydrogen-bond acceptors (Lipinski definition) is 3. The summed E-state index contributed by atoms with van der Waals surface area (Å²) in [4.78, 5) is 15.1. The Labute approximate surface area is 173 Å². The highest BCUT2D eigenvalue weighted by molar-refractivity contribution is 5.96. The quantitative estimate of drug-likeness (QED) is 0.557. The van der Waals surface area contributed by atoms with Gasteiger partial charge in [0.2, 0.25) is 0 Å². The van der Waals surface area contributed by atoms with Crippen molar-refractivity contribution in [3.8, 4) is 0 Å². The van der Waals surface area contributed by atoms with E-state index in [2.05, 4.69) is 58.6 Å². The third kappa shape index (κ3) is 5.25. The van der Waals surface area contributed by atoms with Crippen LogP contribution in [0.4, 0.5) is 5.69 Å². The van der Waals surface area contributed by atoms with E-state index < -0.39 is 0 Å². The number of aryl methyl sites for hydroxylation is 1. The second-order valence-corrected chi connectivity index (χ2v) is 7.21. The van der Waals surface area contributed by atoms with Gasteiger partial charge in [-0.2, -0.15) is 5.10 Å². The minimum atomic E-state index is -0.0397. The zero-order chi connectivity index (χ0) is 20.6. The van der Waals surface area contributed by atoms with Crippen LogP contribution in [0.25, 0.3) is 0 Å². The van der Waals surface area contributed by atoms with Gasteiger partial charge in [0.15, 0.2) is 0 Å². The topological polar surface area (TPSA) is 50.2 Å². The van der Waals surface area contributed by atoms with Gasteiger partial charge in [0.25, 0.3) is 5.91 Å². The van der Waals surface area contributed by atoms with Gasteiger partial charge in [0.1, 0.15) is 0 Å². The van der Waals surface area contributed by atoms with Crippen molar-refractivity contribution in [3.05, 3.63) is 83.2 Å². The fraction of sp³-hybridized carbons (Fsp3) is 0.333. The number of benzene rings is 2. The molecule has 0 aliphatic carbocycles. The van der Waals surface area contributed by atoms with Gasteiger partial charge in [-0.15, -0.1) is 0 Å². The van der Waals surface area contributed by atoms with Gasteiger partial charge in [-0.1, -0.05) is 48.5 Å². The van der Waals surface area contributed by atoms with Gasteiger partial charge in [-0.25, -0.2) is 0 Å². The van der Waals surface area contributed by atoms with Gasteiger partial charge < -0.3 is 10.2 Å². The van der Waals surface area contributed by atoms with Crippen LogP contribution in [0.15, 0.2) is 60.7 Å². The number of para-hydroxylation sites is 1. The highest BCUT2D eigenvalue weighted by atomic mass is 16.1. The molecule has 3 aromatic rings. The van der Waals surface area contributed by atoms with Crippen LogP contribution in [-0.4, -0.2) is 35.3 Å². The average molecular weight is 391 g/mol. The summed E-state index contributed by atoms with van der Waals surface area (Å²) in [6, 6.07) is 20.6. The van der Waals surface area contributed by atoms with Gasteiger partial charge in [0.05, 0.1) is 17.8 Å². The van der Waals surface area contributed by atoms with Crippen LogP contribution in [0.1, 0.15) is 40.7 Å². The second-order valence-electron chi connectivity index (χ2n) is 7.21. The molecule has 1 amide bonds. The molecule has 0 fully saturated rings. The molecule has 0 spiro atoms. The molecule has 3 rings (SSSR count). The molecule has 0 saturated carbocycles. The molecule has 0 radical (unpaired) electrons. The predicted molar refractivity (Wildman–Crippen MR) is 119 cm³/mol. The maximum absolute atomic E-state index is 12.8. The van der Waals surface area contributed by atoms with Crippen LogP contribution in [0.2, 0.25) is 0 Å². The minimum absolute atomic E-state index is 0.0397. The molecule has 0 unspecified atom stereocenters. The van der Waals surface area contributed by atoms with Crippen molar-refractivity contribution in [3.63, 3.8) is 0 Å². The summed E-state index contributed by atoms with van der Waals surface area (Å²) in [6.45, 7) is 9.19. The van der Waals surface area contributed by atoms with E-state index in [0.717, 1.165) is 30.9 Å². The number of carbonyl (C=O) groups excluding carboxylic acids is 1. The number of carbonyl (C=O) groups is 1. The van der Waals surface area contributed by atoms with E-state index in [9.17, 15) is 4.79 Å². The van der Waals surface area contributed by atoms with Crippen LogP contribution in [0.3, 0.4) is 0 Å². The Kier molecular flexibility index (Phi) is 7.06. The first-order valence-corrected chi connectivity index (χ1v) is 10.3. The zero-order valence-electron chi connectivity index (χ0n) is 17.6. The first-order valence-electron chi connectivity index (χ1n) is 10.3. The normalized spacial score (nSPS) is 10.7. The lowest BCUT2D eigenvalue weighted by Crippen LogP contribution is -2.30. The summed E-state index contributed by atoms with van der Waals surface area (Å²) in [6.07, 6.45) is 0.894. The number of aromatic nitrogens is 2. The van der Waals surface area contributed by atoms with Crippen molar-refractivity contribution in [2.45, 2.75) is 33.7 Å². The molecule has 2 aromatic carbocycles. The monoisotopic (exact) mass is 390 g/mol. The van der Waals surface area contributed by atoms with Gasteiger partial charge >= 0.3 is 0 Å². The SMILES string of the molecule is CCN(CCCNC(=O)c1c(C)nn(Cc2ccccc2)c1C)c1ccccc1. The first kappa shape index (κ1) is 20.6. The number of amides is 1.